The molecule has 5 N–H and O–H groups in total. The molecule has 9 nitrogen and oxygen atoms in total. The summed E-state index contributed by atoms with van der Waals surface area (Å²) < 4.78 is 73.3. The molecule has 0 amide bonds. The van der Waals surface area contributed by atoms with Gasteiger partial charge in [0.15, 0.2) is 0 Å². The second kappa shape index (κ2) is 9.82. The van der Waals surface area contributed by atoms with Crippen LogP contribution in [0.2, 0.25) is 0 Å². The summed E-state index contributed by atoms with van der Waals surface area (Å²) in [5, 5.41) is 20.9. The monoisotopic (exact) mass is 560 g/mol. The van der Waals surface area contributed by atoms with Gasteiger partial charge in [0, 0.05) is 0 Å². The Morgan fingerprint density at radius 1 is 1.08 bits per heavy atom. The maximum absolute atomic E-state index is 16.7. The van der Waals surface area contributed by atoms with E-state index in [1.807, 2.05) is 0 Å². The van der Waals surface area contributed by atoms with Gasteiger partial charge in [0.1, 0.15) is 39.7 Å². The third-order valence-electron chi connectivity index (χ3n) is 6.01. The number of hydrogen-bond acceptors (Lipinski definition) is 8. The van der Waals surface area contributed by atoms with Crippen molar-refractivity contribution in [2.24, 2.45) is 0 Å². The summed E-state index contributed by atoms with van der Waals surface area (Å²) in [7, 11) is -4.91. The molecule has 2 unspecified atom stereocenters. The molecule has 2 aromatic rings. The molecular formula is C26H23F3N4O5S. The third kappa shape index (κ3) is 5.22. The molecule has 2 aliphatic rings. The van der Waals surface area contributed by atoms with Gasteiger partial charge >= 0.3 is 0 Å². The second-order valence-corrected chi connectivity index (χ2v) is 11.1. The number of amidine groups is 1. The normalized spacial score (nSPS) is 20.1. The van der Waals surface area contributed by atoms with Gasteiger partial charge in [0.25, 0.3) is 0 Å². The highest BCUT2D eigenvalue weighted by Crippen LogP contribution is 2.37. The number of rotatable bonds is 7. The van der Waals surface area contributed by atoms with E-state index in [-0.39, 0.29) is 5.82 Å². The van der Waals surface area contributed by atoms with Crippen LogP contribution in [0.3, 0.4) is 0 Å². The first-order valence-electron chi connectivity index (χ1n) is 11.4. The maximum atomic E-state index is 16.7. The van der Waals surface area contributed by atoms with Crippen molar-refractivity contribution < 1.29 is 36.3 Å². The fraction of sp³-hybridized carbons (Fsp3) is 0.192. The zero-order chi connectivity index (χ0) is 28.8. The molecule has 0 saturated heterocycles. The lowest BCUT2D eigenvalue weighted by Crippen LogP contribution is -2.56. The van der Waals surface area contributed by atoms with Crippen molar-refractivity contribution in [2.75, 3.05) is 10.6 Å². The summed E-state index contributed by atoms with van der Waals surface area (Å²) in [4.78, 5) is 27.4. The Kier molecular flexibility index (Phi) is 7.00. The maximum Gasteiger partial charge on any atom is 0.244 e. The van der Waals surface area contributed by atoms with Gasteiger partial charge in [-0.2, -0.15) is 0 Å². The molecule has 1 heterocycles. The fourth-order valence-corrected chi connectivity index (χ4v) is 5.51. The van der Waals surface area contributed by atoms with E-state index in [1.54, 1.807) is 29.0 Å². The molecular weight excluding hydrogens is 537 g/mol. The number of carbonyl (C=O) groups is 2. The van der Waals surface area contributed by atoms with Crippen molar-refractivity contribution >= 4 is 38.8 Å². The molecule has 204 valence electrons. The van der Waals surface area contributed by atoms with Gasteiger partial charge in [-0.25, -0.2) is 21.6 Å². The van der Waals surface area contributed by atoms with Gasteiger partial charge in [-0.3, -0.25) is 19.7 Å². The number of sulfonamides is 1. The molecule has 0 aromatic heterocycles. The molecule has 1 aliphatic heterocycles. The fourth-order valence-electron chi connectivity index (χ4n) is 3.91. The Labute approximate surface area is 221 Å². The number of para-hydroxylation sites is 2. The first-order valence-corrected chi connectivity index (χ1v) is 13.0. The van der Waals surface area contributed by atoms with Crippen LogP contribution in [0, 0.1) is 17.0 Å². The number of carbonyl (C=O) groups excluding carboxylic acids is 2. The molecule has 0 radical (unpaired) electrons. The third-order valence-corrected chi connectivity index (χ3v) is 7.67. The first-order chi connectivity index (χ1) is 18.1. The second-order valence-electron chi connectivity index (χ2n) is 9.34. The molecule has 1 aliphatic carbocycles. The van der Waals surface area contributed by atoms with Crippen molar-refractivity contribution in [3.63, 3.8) is 0 Å². The lowest BCUT2D eigenvalue weighted by molar-refractivity contribution is -0.123. The molecule has 39 heavy (non-hydrogen) atoms. The van der Waals surface area contributed by atoms with Gasteiger partial charge in [0.05, 0.1) is 16.9 Å². The van der Waals surface area contributed by atoms with Crippen LogP contribution in [0.15, 0.2) is 78.2 Å². The Hall–Kier alpha value is -4.23. The Morgan fingerprint density at radius 2 is 1.69 bits per heavy atom. The average molecular weight is 561 g/mol. The minimum absolute atomic E-state index is 0.372. The standard InChI is InChI=1S/C26H23F3N4O5S/c1-25(2,36)24(30)33-39(37,38)19-9-5-6-12-26(19,29)22(35)20(21(34)15-13-14(27)10-11-16(15)28)23-31-17-7-3-4-8-18(17)32-23/h3-13,19,31-32,36H,1-2H3,(H2,30,33). The van der Waals surface area contributed by atoms with E-state index in [0.29, 0.717) is 29.6 Å². The number of benzene rings is 2. The van der Waals surface area contributed by atoms with Crippen molar-refractivity contribution in [1.82, 2.24) is 4.72 Å². The summed E-state index contributed by atoms with van der Waals surface area (Å²) in [5.74, 6) is -6.55. The van der Waals surface area contributed by atoms with Gasteiger partial charge in [-0.05, 0) is 50.3 Å². The Morgan fingerprint density at radius 3 is 2.28 bits per heavy atom. The SMILES string of the molecule is CC(C)(O)C(=N)NS(=O)(=O)C1C=CC=CC1(F)C(=O)C(C(=O)c1cc(F)ccc1F)=C1Nc2ccccc2N1. The minimum atomic E-state index is -4.91. The van der Waals surface area contributed by atoms with E-state index >= 15 is 4.39 Å². The number of Topliss-reactive ketones (excluding diaryl/α,β-unsaturated/α-hetero) is 2. The Balaban J connectivity index is 1.85. The van der Waals surface area contributed by atoms with E-state index in [9.17, 15) is 31.9 Å². The zero-order valence-electron chi connectivity index (χ0n) is 20.6. The molecule has 0 saturated carbocycles. The number of halogens is 3. The summed E-state index contributed by atoms with van der Waals surface area (Å²) >= 11 is 0. The van der Waals surface area contributed by atoms with Gasteiger partial charge in [-0.15, -0.1) is 0 Å². The average Bonchev–Trinajstić information content (AvgIpc) is 3.28. The van der Waals surface area contributed by atoms with E-state index in [0.717, 1.165) is 38.1 Å². The minimum Gasteiger partial charge on any atom is -0.383 e. The predicted octanol–water partition coefficient (Wildman–Crippen LogP) is 3.34. The summed E-state index contributed by atoms with van der Waals surface area (Å²) in [6.45, 7) is 2.23. The van der Waals surface area contributed by atoms with Crippen LogP contribution >= 0.6 is 0 Å². The highest BCUT2D eigenvalue weighted by molar-refractivity contribution is 7.91. The summed E-state index contributed by atoms with van der Waals surface area (Å²) in [6.07, 6.45) is 3.64. The van der Waals surface area contributed by atoms with Gasteiger partial charge in [0.2, 0.25) is 27.3 Å². The number of alkyl halides is 1. The highest BCUT2D eigenvalue weighted by Gasteiger charge is 2.54. The van der Waals surface area contributed by atoms with Crippen LogP contribution in [-0.2, 0) is 14.8 Å². The molecule has 2 aromatic carbocycles. The largest absolute Gasteiger partial charge is 0.383 e. The van der Waals surface area contributed by atoms with Crippen LogP contribution in [0.25, 0.3) is 0 Å². The van der Waals surface area contributed by atoms with Crippen LogP contribution in [0.4, 0.5) is 24.5 Å². The number of ketones is 2. The van der Waals surface area contributed by atoms with Crippen LogP contribution < -0.4 is 15.4 Å². The zero-order valence-corrected chi connectivity index (χ0v) is 21.4. The molecule has 4 rings (SSSR count). The number of anilines is 2. The summed E-state index contributed by atoms with van der Waals surface area (Å²) in [6, 6.07) is 8.34. The van der Waals surface area contributed by atoms with Crippen molar-refractivity contribution in [3.05, 3.63) is 95.4 Å². The predicted molar refractivity (Wildman–Crippen MR) is 138 cm³/mol. The number of nitrogens with one attached hydrogen (secondary N) is 4. The molecule has 13 heteroatoms. The number of aliphatic hydroxyl groups is 1. The van der Waals surface area contributed by atoms with E-state index < -0.39 is 66.7 Å². The Bertz CT molecular complexity index is 1570. The lowest BCUT2D eigenvalue weighted by Gasteiger charge is -2.31. The quantitative estimate of drug-likeness (QED) is 0.0871. The molecule has 0 spiro atoms. The van der Waals surface area contributed by atoms with E-state index in [2.05, 4.69) is 10.6 Å². The smallest absolute Gasteiger partial charge is 0.244 e. The number of hydrogen-bond donors (Lipinski definition) is 5. The van der Waals surface area contributed by atoms with E-state index in [4.69, 9.17) is 5.41 Å². The molecule has 0 bridgehead atoms. The lowest BCUT2D eigenvalue weighted by atomic mass is 9.85. The van der Waals surface area contributed by atoms with Crippen LogP contribution in [0.1, 0.15) is 24.2 Å². The molecule has 0 fully saturated rings. The van der Waals surface area contributed by atoms with Crippen molar-refractivity contribution in [1.29, 1.82) is 5.41 Å². The number of allylic oxidation sites excluding steroid dienone is 4. The van der Waals surface area contributed by atoms with E-state index in [1.165, 1.54) is 0 Å². The van der Waals surface area contributed by atoms with Gasteiger partial charge < -0.3 is 15.7 Å². The van der Waals surface area contributed by atoms with Crippen LogP contribution in [0.5, 0.6) is 0 Å². The summed E-state index contributed by atoms with van der Waals surface area (Å²) in [5.41, 5.74) is -6.53. The van der Waals surface area contributed by atoms with Crippen LogP contribution in [-0.4, -0.2) is 47.4 Å². The number of fused-ring (bicyclic) bond motifs is 1. The molecule has 2 atom stereocenters. The topological polar surface area (TPSA) is 148 Å². The van der Waals surface area contributed by atoms with Gasteiger partial charge in [-0.1, -0.05) is 30.4 Å². The first kappa shape index (κ1) is 27.8. The van der Waals surface area contributed by atoms with Crippen molar-refractivity contribution in [2.45, 2.75) is 30.4 Å². The highest BCUT2D eigenvalue weighted by atomic mass is 32.2. The van der Waals surface area contributed by atoms with Crippen molar-refractivity contribution in [3.8, 4) is 0 Å².